The minimum absolute atomic E-state index is 0.158. The molecule has 24 heavy (non-hydrogen) atoms. The first kappa shape index (κ1) is 14.4. The molecule has 0 unspecified atom stereocenters. The van der Waals surface area contributed by atoms with E-state index in [1.807, 2.05) is 54.6 Å². The van der Waals surface area contributed by atoms with Gasteiger partial charge in [0.25, 0.3) is 5.91 Å². The number of rotatable bonds is 5. The molecule has 0 aliphatic rings. The summed E-state index contributed by atoms with van der Waals surface area (Å²) in [5.41, 5.74) is 1.48. The van der Waals surface area contributed by atoms with Crippen LogP contribution >= 0.6 is 0 Å². The number of carbonyl (C=O) groups excluding carboxylic acids is 1. The molecule has 0 spiro atoms. The molecule has 0 fully saturated rings. The second kappa shape index (κ2) is 6.12. The van der Waals surface area contributed by atoms with Crippen molar-refractivity contribution in [2.45, 2.75) is 5.92 Å². The first-order valence-corrected chi connectivity index (χ1v) is 7.74. The van der Waals surface area contributed by atoms with E-state index in [9.17, 15) is 4.79 Å². The van der Waals surface area contributed by atoms with E-state index in [2.05, 4.69) is 10.3 Å². The van der Waals surface area contributed by atoms with Gasteiger partial charge in [-0.05, 0) is 36.4 Å². The average molecular weight is 320 g/mol. The van der Waals surface area contributed by atoms with E-state index < -0.39 is 0 Å². The molecule has 2 N–H and O–H groups in total. The number of hydrogen-bond donors (Lipinski definition) is 2. The number of benzene rings is 1. The largest absolute Gasteiger partial charge is 0.469 e. The van der Waals surface area contributed by atoms with Gasteiger partial charge in [0.15, 0.2) is 0 Å². The Morgan fingerprint density at radius 1 is 1.00 bits per heavy atom. The Morgan fingerprint density at radius 3 is 2.33 bits per heavy atom. The van der Waals surface area contributed by atoms with Crippen molar-refractivity contribution in [1.82, 2.24) is 10.3 Å². The summed E-state index contributed by atoms with van der Waals surface area (Å²) >= 11 is 0. The predicted molar refractivity (Wildman–Crippen MR) is 89.9 cm³/mol. The Labute approximate surface area is 138 Å². The van der Waals surface area contributed by atoms with E-state index in [0.717, 1.165) is 22.4 Å². The van der Waals surface area contributed by atoms with Crippen molar-refractivity contribution in [2.24, 2.45) is 0 Å². The number of amides is 1. The number of fused-ring (bicyclic) bond motifs is 1. The molecule has 4 aromatic rings. The number of aromatic nitrogens is 1. The van der Waals surface area contributed by atoms with Gasteiger partial charge in [-0.25, -0.2) is 0 Å². The van der Waals surface area contributed by atoms with Gasteiger partial charge in [0.05, 0.1) is 18.4 Å². The van der Waals surface area contributed by atoms with Crippen molar-refractivity contribution in [3.8, 4) is 0 Å². The minimum Gasteiger partial charge on any atom is -0.469 e. The maximum absolute atomic E-state index is 12.5. The van der Waals surface area contributed by atoms with Crippen molar-refractivity contribution in [3.05, 3.63) is 84.3 Å². The Bertz CT molecular complexity index is 869. The topological polar surface area (TPSA) is 71.2 Å². The van der Waals surface area contributed by atoms with Gasteiger partial charge in [0, 0.05) is 17.4 Å². The molecule has 0 saturated heterocycles. The summed E-state index contributed by atoms with van der Waals surface area (Å²) < 4.78 is 11.0. The third-order valence-corrected chi connectivity index (χ3v) is 4.01. The summed E-state index contributed by atoms with van der Waals surface area (Å²) in [5.74, 6) is 1.18. The summed E-state index contributed by atoms with van der Waals surface area (Å²) in [6, 6.07) is 17.0. The van der Waals surface area contributed by atoms with Crippen molar-refractivity contribution in [3.63, 3.8) is 0 Å². The molecule has 0 atom stereocenters. The highest BCUT2D eigenvalue weighted by Gasteiger charge is 2.21. The van der Waals surface area contributed by atoms with Crippen LogP contribution in [0.2, 0.25) is 0 Å². The number of hydrogen-bond acceptors (Lipinski definition) is 3. The molecule has 3 heterocycles. The summed E-state index contributed by atoms with van der Waals surface area (Å²) in [6.45, 7) is 0.384. The van der Waals surface area contributed by atoms with Gasteiger partial charge in [-0.3, -0.25) is 4.79 Å². The zero-order chi connectivity index (χ0) is 16.4. The van der Waals surface area contributed by atoms with Gasteiger partial charge in [0.2, 0.25) is 0 Å². The molecule has 0 radical (unpaired) electrons. The van der Waals surface area contributed by atoms with E-state index in [-0.39, 0.29) is 11.8 Å². The van der Waals surface area contributed by atoms with Crippen LogP contribution in [0.5, 0.6) is 0 Å². The van der Waals surface area contributed by atoms with Crippen molar-refractivity contribution < 1.29 is 13.6 Å². The highest BCUT2D eigenvalue weighted by atomic mass is 16.3. The van der Waals surface area contributed by atoms with Crippen LogP contribution in [-0.2, 0) is 0 Å². The number of furan rings is 2. The SMILES string of the molecule is O=C(NCC(c1ccco1)c1ccco1)c1cc2ccccc2[nH]1. The molecule has 1 amide bonds. The van der Waals surface area contributed by atoms with Crippen molar-refractivity contribution in [2.75, 3.05) is 6.54 Å². The lowest BCUT2D eigenvalue weighted by Crippen LogP contribution is -2.28. The van der Waals surface area contributed by atoms with Gasteiger partial charge >= 0.3 is 0 Å². The van der Waals surface area contributed by atoms with Crippen LogP contribution in [0, 0.1) is 0 Å². The van der Waals surface area contributed by atoms with Crippen molar-refractivity contribution in [1.29, 1.82) is 0 Å². The summed E-state index contributed by atoms with van der Waals surface area (Å²) in [4.78, 5) is 15.6. The van der Waals surface area contributed by atoms with Crippen molar-refractivity contribution >= 4 is 16.8 Å². The van der Waals surface area contributed by atoms with Gasteiger partial charge in [-0.15, -0.1) is 0 Å². The summed E-state index contributed by atoms with van der Waals surface area (Å²) in [7, 11) is 0. The molecule has 5 nitrogen and oxygen atoms in total. The Balaban J connectivity index is 1.52. The second-order valence-corrected chi connectivity index (χ2v) is 5.56. The molecular weight excluding hydrogens is 304 g/mol. The fraction of sp³-hybridized carbons (Fsp3) is 0.105. The monoisotopic (exact) mass is 320 g/mol. The van der Waals surface area contributed by atoms with E-state index in [0.29, 0.717) is 12.2 Å². The maximum atomic E-state index is 12.5. The molecule has 1 aromatic carbocycles. The summed E-state index contributed by atoms with van der Waals surface area (Å²) in [5, 5.41) is 3.96. The zero-order valence-corrected chi connectivity index (χ0v) is 12.9. The van der Waals surface area contributed by atoms with Crippen LogP contribution in [0.3, 0.4) is 0 Å². The maximum Gasteiger partial charge on any atom is 0.267 e. The number of H-pyrrole nitrogens is 1. The minimum atomic E-state index is -0.164. The van der Waals surface area contributed by atoms with Gasteiger partial charge in [-0.1, -0.05) is 18.2 Å². The summed E-state index contributed by atoms with van der Waals surface area (Å²) in [6.07, 6.45) is 3.23. The number of aromatic amines is 1. The fourth-order valence-corrected chi connectivity index (χ4v) is 2.81. The molecule has 0 bridgehead atoms. The Hall–Kier alpha value is -3.21. The van der Waals surface area contributed by atoms with E-state index >= 15 is 0 Å². The standard InChI is InChI=1S/C19H16N2O3/c22-19(16-11-13-5-1-2-6-15(13)21-16)20-12-14(17-7-3-9-23-17)18-8-4-10-24-18/h1-11,14,21H,12H2,(H,20,22). The molecule has 120 valence electrons. The first-order chi connectivity index (χ1) is 11.8. The van der Waals surface area contributed by atoms with Crippen LogP contribution in [-0.4, -0.2) is 17.4 Å². The first-order valence-electron chi connectivity index (χ1n) is 7.74. The normalized spacial score (nSPS) is 11.2. The van der Waals surface area contributed by atoms with Crippen LogP contribution in [0.4, 0.5) is 0 Å². The number of nitrogens with one attached hydrogen (secondary N) is 2. The lowest BCUT2D eigenvalue weighted by molar-refractivity contribution is 0.0947. The van der Waals surface area contributed by atoms with E-state index in [1.165, 1.54) is 0 Å². The molecule has 0 aliphatic heterocycles. The highest BCUT2D eigenvalue weighted by Crippen LogP contribution is 2.25. The van der Waals surface area contributed by atoms with Gasteiger partial charge in [0.1, 0.15) is 17.2 Å². The number of carbonyl (C=O) groups is 1. The number of para-hydroxylation sites is 1. The van der Waals surface area contributed by atoms with Crippen LogP contribution in [0.25, 0.3) is 10.9 Å². The molecule has 3 aromatic heterocycles. The smallest absolute Gasteiger partial charge is 0.267 e. The Morgan fingerprint density at radius 2 is 1.71 bits per heavy atom. The molecule has 0 aliphatic carbocycles. The lowest BCUT2D eigenvalue weighted by atomic mass is 10.0. The van der Waals surface area contributed by atoms with E-state index in [4.69, 9.17) is 8.83 Å². The zero-order valence-electron chi connectivity index (χ0n) is 12.9. The molecule has 4 rings (SSSR count). The van der Waals surface area contributed by atoms with Crippen LogP contribution < -0.4 is 5.32 Å². The average Bonchev–Trinajstić information content (AvgIpc) is 3.35. The highest BCUT2D eigenvalue weighted by molar-refractivity contribution is 5.98. The van der Waals surface area contributed by atoms with Gasteiger partial charge < -0.3 is 19.1 Å². The third kappa shape index (κ3) is 2.72. The quantitative estimate of drug-likeness (QED) is 0.585. The third-order valence-electron chi connectivity index (χ3n) is 4.01. The lowest BCUT2D eigenvalue weighted by Gasteiger charge is -2.13. The van der Waals surface area contributed by atoms with Crippen LogP contribution in [0.1, 0.15) is 27.9 Å². The molecule has 5 heteroatoms. The van der Waals surface area contributed by atoms with E-state index in [1.54, 1.807) is 12.5 Å². The second-order valence-electron chi connectivity index (χ2n) is 5.56. The molecular formula is C19H16N2O3. The Kier molecular flexibility index (Phi) is 3.67. The van der Waals surface area contributed by atoms with Gasteiger partial charge in [-0.2, -0.15) is 0 Å². The fourth-order valence-electron chi connectivity index (χ4n) is 2.81. The molecule has 0 saturated carbocycles. The van der Waals surface area contributed by atoms with Crippen LogP contribution in [0.15, 0.2) is 76.0 Å². The predicted octanol–water partition coefficient (Wildman–Crippen LogP) is 3.92.